The summed E-state index contributed by atoms with van der Waals surface area (Å²) in [6, 6.07) is 2.94. The number of halogens is 5. The first-order chi connectivity index (χ1) is 6.86. The Morgan fingerprint density at radius 3 is 2.40 bits per heavy atom. The fourth-order valence-corrected chi connectivity index (χ4v) is 1.61. The van der Waals surface area contributed by atoms with Crippen molar-refractivity contribution in [2.24, 2.45) is 0 Å². The molecule has 0 aromatic heterocycles. The van der Waals surface area contributed by atoms with E-state index in [0.717, 1.165) is 18.2 Å². The molecule has 0 radical (unpaired) electrons. The van der Waals surface area contributed by atoms with E-state index in [0.29, 0.717) is 0 Å². The van der Waals surface area contributed by atoms with Crippen LogP contribution in [-0.2, 0) is 6.18 Å². The molecule has 0 fully saturated rings. The molecule has 0 N–H and O–H groups in total. The van der Waals surface area contributed by atoms with Crippen LogP contribution < -0.4 is 0 Å². The van der Waals surface area contributed by atoms with Gasteiger partial charge in [0.05, 0.1) is 15.9 Å². The highest BCUT2D eigenvalue weighted by Crippen LogP contribution is 2.34. The summed E-state index contributed by atoms with van der Waals surface area (Å²) in [5, 5.41) is -0.413. The van der Waals surface area contributed by atoms with Crippen molar-refractivity contribution in [1.82, 2.24) is 0 Å². The number of carbonyl (C=O) groups is 1. The normalized spacial score (nSPS) is 11.5. The van der Waals surface area contributed by atoms with Gasteiger partial charge >= 0.3 is 6.18 Å². The van der Waals surface area contributed by atoms with E-state index >= 15 is 0 Å². The fraction of sp³-hybridized carbons (Fsp3) is 0.222. The van der Waals surface area contributed by atoms with E-state index in [4.69, 9.17) is 11.6 Å². The Bertz CT molecular complexity index is 389. The van der Waals surface area contributed by atoms with Crippen LogP contribution in [0.1, 0.15) is 15.9 Å². The van der Waals surface area contributed by atoms with Crippen LogP contribution in [-0.4, -0.2) is 11.1 Å². The topological polar surface area (TPSA) is 17.1 Å². The second kappa shape index (κ2) is 4.53. The number of rotatable bonds is 2. The Morgan fingerprint density at radius 2 is 2.00 bits per heavy atom. The summed E-state index contributed by atoms with van der Waals surface area (Å²) in [7, 11) is 0. The third-order valence-corrected chi connectivity index (χ3v) is 2.54. The zero-order chi connectivity index (χ0) is 11.6. The minimum absolute atomic E-state index is 0.0503. The summed E-state index contributed by atoms with van der Waals surface area (Å²) >= 11 is 8.35. The predicted molar refractivity (Wildman–Crippen MR) is 54.6 cm³/mol. The smallest absolute Gasteiger partial charge is 0.293 e. The van der Waals surface area contributed by atoms with Crippen LogP contribution >= 0.6 is 27.5 Å². The Labute approximate surface area is 97.4 Å². The number of hydrogen-bond donors (Lipinski definition) is 0. The molecule has 0 heterocycles. The van der Waals surface area contributed by atoms with Crippen LogP contribution in [0.15, 0.2) is 18.2 Å². The van der Waals surface area contributed by atoms with E-state index in [-0.39, 0.29) is 16.7 Å². The van der Waals surface area contributed by atoms with Crippen LogP contribution in [0.3, 0.4) is 0 Å². The number of hydrogen-bond acceptors (Lipinski definition) is 1. The van der Waals surface area contributed by atoms with Crippen molar-refractivity contribution in [3.8, 4) is 0 Å². The maximum atomic E-state index is 12.3. The van der Waals surface area contributed by atoms with Crippen LogP contribution in [0.25, 0.3) is 0 Å². The first kappa shape index (κ1) is 12.5. The van der Waals surface area contributed by atoms with Crippen molar-refractivity contribution in [3.05, 3.63) is 34.3 Å². The maximum absolute atomic E-state index is 12.3. The molecule has 0 spiro atoms. The summed E-state index contributed by atoms with van der Waals surface area (Å²) < 4.78 is 36.9. The van der Waals surface area contributed by atoms with Gasteiger partial charge in [-0.05, 0) is 12.1 Å². The van der Waals surface area contributed by atoms with E-state index in [2.05, 4.69) is 15.9 Å². The summed E-state index contributed by atoms with van der Waals surface area (Å²) in [6.45, 7) is 0. The van der Waals surface area contributed by atoms with Crippen molar-refractivity contribution < 1.29 is 18.0 Å². The SMILES string of the molecule is O=C(CBr)c1ccc(C(F)(F)F)c(Cl)c1. The molecule has 1 aromatic rings. The molecular weight excluding hydrogens is 296 g/mol. The average molecular weight is 301 g/mol. The van der Waals surface area contributed by atoms with Crippen LogP contribution in [0.4, 0.5) is 13.2 Å². The fourth-order valence-electron chi connectivity index (χ4n) is 0.996. The molecule has 1 nitrogen and oxygen atoms in total. The molecule has 15 heavy (non-hydrogen) atoms. The lowest BCUT2D eigenvalue weighted by atomic mass is 10.1. The van der Waals surface area contributed by atoms with Gasteiger partial charge in [0.1, 0.15) is 0 Å². The average Bonchev–Trinajstić information content (AvgIpc) is 2.14. The minimum Gasteiger partial charge on any atom is -0.293 e. The first-order valence-electron chi connectivity index (χ1n) is 3.82. The number of benzene rings is 1. The van der Waals surface area contributed by atoms with Gasteiger partial charge in [0.25, 0.3) is 0 Å². The Kier molecular flexibility index (Phi) is 3.78. The summed E-state index contributed by atoms with van der Waals surface area (Å²) in [4.78, 5) is 11.1. The van der Waals surface area contributed by atoms with Crippen LogP contribution in [0.5, 0.6) is 0 Å². The standard InChI is InChI=1S/C9H5BrClF3O/c10-4-8(15)5-1-2-6(7(11)3-5)9(12,13)14/h1-3H,4H2. The summed E-state index contributed by atoms with van der Waals surface area (Å²) in [5.41, 5.74) is -0.778. The van der Waals surface area contributed by atoms with Crippen molar-refractivity contribution in [2.45, 2.75) is 6.18 Å². The van der Waals surface area contributed by atoms with Gasteiger partial charge in [0.15, 0.2) is 5.78 Å². The van der Waals surface area contributed by atoms with Gasteiger partial charge in [-0.3, -0.25) is 4.79 Å². The van der Waals surface area contributed by atoms with Gasteiger partial charge in [-0.1, -0.05) is 33.6 Å². The molecular formula is C9H5BrClF3O. The molecule has 0 unspecified atom stereocenters. The van der Waals surface area contributed by atoms with Gasteiger partial charge in [0, 0.05) is 5.56 Å². The molecule has 6 heteroatoms. The lowest BCUT2D eigenvalue weighted by molar-refractivity contribution is -0.137. The number of ketones is 1. The van der Waals surface area contributed by atoms with E-state index in [1.54, 1.807) is 0 Å². The van der Waals surface area contributed by atoms with E-state index < -0.39 is 16.8 Å². The van der Waals surface area contributed by atoms with Gasteiger partial charge < -0.3 is 0 Å². The van der Waals surface area contributed by atoms with Crippen LogP contribution in [0, 0.1) is 0 Å². The van der Waals surface area contributed by atoms with Crippen molar-refractivity contribution in [1.29, 1.82) is 0 Å². The van der Waals surface area contributed by atoms with Gasteiger partial charge in [-0.15, -0.1) is 0 Å². The van der Waals surface area contributed by atoms with Crippen molar-refractivity contribution in [3.63, 3.8) is 0 Å². The third kappa shape index (κ3) is 2.95. The first-order valence-corrected chi connectivity index (χ1v) is 5.32. The maximum Gasteiger partial charge on any atom is 0.417 e. The number of Topliss-reactive ketones (excluding diaryl/α,β-unsaturated/α-hetero) is 1. The molecule has 0 saturated heterocycles. The zero-order valence-electron chi connectivity index (χ0n) is 7.24. The van der Waals surface area contributed by atoms with Gasteiger partial charge in [-0.25, -0.2) is 0 Å². The second-order valence-electron chi connectivity index (χ2n) is 2.75. The number of carbonyl (C=O) groups excluding carboxylic acids is 1. The molecule has 82 valence electrons. The quantitative estimate of drug-likeness (QED) is 0.597. The Morgan fingerprint density at radius 1 is 1.40 bits per heavy atom. The minimum atomic E-state index is -4.49. The number of alkyl halides is 4. The zero-order valence-corrected chi connectivity index (χ0v) is 9.58. The van der Waals surface area contributed by atoms with Gasteiger partial charge in [0.2, 0.25) is 0 Å². The van der Waals surface area contributed by atoms with E-state index in [1.165, 1.54) is 0 Å². The third-order valence-electron chi connectivity index (χ3n) is 1.72. The second-order valence-corrected chi connectivity index (χ2v) is 3.72. The molecule has 0 atom stereocenters. The molecule has 1 aromatic carbocycles. The molecule has 0 aliphatic carbocycles. The highest BCUT2D eigenvalue weighted by molar-refractivity contribution is 9.09. The lowest BCUT2D eigenvalue weighted by Crippen LogP contribution is -2.07. The molecule has 0 amide bonds. The molecule has 0 aliphatic rings. The molecule has 0 saturated carbocycles. The van der Waals surface area contributed by atoms with Crippen molar-refractivity contribution in [2.75, 3.05) is 5.33 Å². The Balaban J connectivity index is 3.15. The highest BCUT2D eigenvalue weighted by Gasteiger charge is 2.33. The van der Waals surface area contributed by atoms with Gasteiger partial charge in [-0.2, -0.15) is 13.2 Å². The summed E-state index contributed by atoms with van der Waals surface area (Å²) in [5.74, 6) is -0.314. The van der Waals surface area contributed by atoms with Crippen LogP contribution in [0.2, 0.25) is 5.02 Å². The highest BCUT2D eigenvalue weighted by atomic mass is 79.9. The lowest BCUT2D eigenvalue weighted by Gasteiger charge is -2.09. The monoisotopic (exact) mass is 300 g/mol. The van der Waals surface area contributed by atoms with E-state index in [1.807, 2.05) is 0 Å². The predicted octanol–water partition coefficient (Wildman–Crippen LogP) is 3.94. The van der Waals surface area contributed by atoms with Crippen molar-refractivity contribution >= 4 is 33.3 Å². The summed E-state index contributed by atoms with van der Waals surface area (Å²) in [6.07, 6.45) is -4.49. The molecule has 0 aliphatic heterocycles. The molecule has 0 bridgehead atoms. The van der Waals surface area contributed by atoms with E-state index in [9.17, 15) is 18.0 Å². The Hall–Kier alpha value is -0.550. The molecule has 1 rings (SSSR count). The largest absolute Gasteiger partial charge is 0.417 e.